The maximum Gasteiger partial charge on any atom is 0.341 e. The Labute approximate surface area is 222 Å². The van der Waals surface area contributed by atoms with E-state index in [1.54, 1.807) is 6.07 Å². The summed E-state index contributed by atoms with van der Waals surface area (Å²) in [4.78, 5) is 19.6. The van der Waals surface area contributed by atoms with Crippen LogP contribution in [0.5, 0.6) is 17.2 Å². The first-order chi connectivity index (χ1) is 17.9. The lowest BCUT2D eigenvalue weighted by Gasteiger charge is -2.24. The normalized spacial score (nSPS) is 11.9. The SMILES string of the molecule is CCOc1ccc(-c2nc(-c3cc(C(=O)OC)c(OC)c(C(O)CN(CC)CC)c3)cs2)cc1OCC. The van der Waals surface area contributed by atoms with Gasteiger partial charge < -0.3 is 29.0 Å². The topological polar surface area (TPSA) is 90.4 Å². The summed E-state index contributed by atoms with van der Waals surface area (Å²) in [6.07, 6.45) is -0.865. The highest BCUT2D eigenvalue weighted by Gasteiger charge is 2.25. The molecule has 0 radical (unpaired) electrons. The van der Waals surface area contributed by atoms with Crippen LogP contribution >= 0.6 is 11.3 Å². The van der Waals surface area contributed by atoms with Gasteiger partial charge in [0.2, 0.25) is 0 Å². The van der Waals surface area contributed by atoms with E-state index >= 15 is 0 Å². The molecule has 0 aliphatic rings. The maximum absolute atomic E-state index is 12.7. The molecule has 1 atom stereocenters. The quantitative estimate of drug-likeness (QED) is 0.293. The highest BCUT2D eigenvalue weighted by atomic mass is 32.1. The number of hydrogen-bond donors (Lipinski definition) is 1. The molecule has 8 nitrogen and oxygen atoms in total. The molecule has 9 heteroatoms. The Morgan fingerprint density at radius 2 is 1.70 bits per heavy atom. The third-order valence-corrected chi connectivity index (χ3v) is 6.89. The van der Waals surface area contributed by atoms with Crippen molar-refractivity contribution in [1.82, 2.24) is 9.88 Å². The van der Waals surface area contributed by atoms with Gasteiger partial charge in [-0.2, -0.15) is 0 Å². The Kier molecular flexibility index (Phi) is 10.3. The molecule has 0 aliphatic heterocycles. The number of likely N-dealkylation sites (N-methyl/N-ethyl adjacent to an activating group) is 1. The first-order valence-electron chi connectivity index (χ1n) is 12.5. The van der Waals surface area contributed by atoms with Gasteiger partial charge in [-0.1, -0.05) is 13.8 Å². The number of carbonyl (C=O) groups excluding carboxylic acids is 1. The van der Waals surface area contributed by atoms with Crippen LogP contribution in [0.2, 0.25) is 0 Å². The predicted octanol–water partition coefficient (Wildman–Crippen LogP) is 5.44. The highest BCUT2D eigenvalue weighted by molar-refractivity contribution is 7.13. The molecule has 0 saturated carbocycles. The van der Waals surface area contributed by atoms with Crippen LogP contribution in [0.15, 0.2) is 35.7 Å². The molecule has 200 valence electrons. The van der Waals surface area contributed by atoms with Gasteiger partial charge in [0.25, 0.3) is 0 Å². The van der Waals surface area contributed by atoms with Crippen molar-refractivity contribution in [2.75, 3.05) is 47.1 Å². The Balaban J connectivity index is 2.06. The molecule has 1 aromatic heterocycles. The molecule has 1 N–H and O–H groups in total. The van der Waals surface area contributed by atoms with Crippen molar-refractivity contribution < 1.29 is 28.8 Å². The molecular weight excluding hydrogens is 492 g/mol. The minimum Gasteiger partial charge on any atom is -0.495 e. The van der Waals surface area contributed by atoms with Gasteiger partial charge in [0, 0.05) is 28.6 Å². The molecule has 0 bridgehead atoms. The van der Waals surface area contributed by atoms with Gasteiger partial charge in [-0.25, -0.2) is 9.78 Å². The van der Waals surface area contributed by atoms with Gasteiger partial charge >= 0.3 is 5.97 Å². The molecule has 0 aliphatic carbocycles. The molecule has 3 rings (SSSR count). The molecule has 1 unspecified atom stereocenters. The van der Waals surface area contributed by atoms with Crippen LogP contribution in [0.4, 0.5) is 0 Å². The van der Waals surface area contributed by atoms with Crippen LogP contribution in [0.25, 0.3) is 21.8 Å². The second-order valence-corrected chi connectivity index (χ2v) is 9.06. The number of aliphatic hydroxyl groups is 1. The largest absolute Gasteiger partial charge is 0.495 e. The number of aliphatic hydroxyl groups excluding tert-OH is 1. The van der Waals surface area contributed by atoms with E-state index in [0.717, 1.165) is 23.7 Å². The van der Waals surface area contributed by atoms with Crippen LogP contribution in [0.3, 0.4) is 0 Å². The Morgan fingerprint density at radius 1 is 1.00 bits per heavy atom. The van der Waals surface area contributed by atoms with Gasteiger partial charge in [0.1, 0.15) is 16.3 Å². The van der Waals surface area contributed by atoms with E-state index in [1.807, 2.05) is 57.3 Å². The highest BCUT2D eigenvalue weighted by Crippen LogP contribution is 2.38. The number of carbonyl (C=O) groups is 1. The van der Waals surface area contributed by atoms with Crippen LogP contribution in [0, 0.1) is 0 Å². The molecule has 0 saturated heterocycles. The fourth-order valence-electron chi connectivity index (χ4n) is 4.08. The zero-order valence-electron chi connectivity index (χ0n) is 22.4. The first kappa shape index (κ1) is 28.4. The lowest BCUT2D eigenvalue weighted by atomic mass is 9.98. The van der Waals surface area contributed by atoms with Crippen LogP contribution in [-0.4, -0.2) is 68.0 Å². The zero-order valence-corrected chi connectivity index (χ0v) is 23.2. The van der Waals surface area contributed by atoms with Crippen LogP contribution in [-0.2, 0) is 4.74 Å². The summed E-state index contributed by atoms with van der Waals surface area (Å²) in [5, 5.41) is 13.8. The number of hydrogen-bond acceptors (Lipinski definition) is 9. The summed E-state index contributed by atoms with van der Waals surface area (Å²) in [6.45, 7) is 11.0. The number of nitrogens with zero attached hydrogens (tertiary/aromatic N) is 2. The van der Waals surface area contributed by atoms with Crippen molar-refractivity contribution in [1.29, 1.82) is 0 Å². The average molecular weight is 529 g/mol. The average Bonchev–Trinajstić information content (AvgIpc) is 3.42. The monoisotopic (exact) mass is 528 g/mol. The van der Waals surface area contributed by atoms with Crippen molar-refractivity contribution in [3.8, 4) is 39.1 Å². The Morgan fingerprint density at radius 3 is 2.32 bits per heavy atom. The summed E-state index contributed by atoms with van der Waals surface area (Å²) >= 11 is 1.48. The molecule has 1 heterocycles. The maximum atomic E-state index is 12.7. The number of ether oxygens (including phenoxy) is 4. The number of benzene rings is 2. The van der Waals surface area contributed by atoms with E-state index in [0.29, 0.717) is 53.8 Å². The van der Waals surface area contributed by atoms with E-state index in [-0.39, 0.29) is 5.56 Å². The third kappa shape index (κ3) is 6.60. The minimum absolute atomic E-state index is 0.241. The van der Waals surface area contributed by atoms with Crippen molar-refractivity contribution in [2.24, 2.45) is 0 Å². The fraction of sp³-hybridized carbons (Fsp3) is 0.429. The van der Waals surface area contributed by atoms with E-state index in [4.69, 9.17) is 23.9 Å². The van der Waals surface area contributed by atoms with Gasteiger partial charge in [-0.15, -0.1) is 11.3 Å². The summed E-state index contributed by atoms with van der Waals surface area (Å²) in [7, 11) is 2.81. The summed E-state index contributed by atoms with van der Waals surface area (Å²) in [6, 6.07) is 9.28. The number of aromatic nitrogens is 1. The van der Waals surface area contributed by atoms with Crippen molar-refractivity contribution in [2.45, 2.75) is 33.8 Å². The van der Waals surface area contributed by atoms with E-state index in [9.17, 15) is 9.90 Å². The number of thiazole rings is 1. The second-order valence-electron chi connectivity index (χ2n) is 8.20. The molecule has 3 aromatic rings. The van der Waals surface area contributed by atoms with Crippen molar-refractivity contribution in [3.05, 3.63) is 46.8 Å². The van der Waals surface area contributed by atoms with Gasteiger partial charge in [-0.05, 0) is 57.3 Å². The predicted molar refractivity (Wildman–Crippen MR) is 146 cm³/mol. The smallest absolute Gasteiger partial charge is 0.341 e. The standard InChI is InChI=1S/C28H36N2O6S/c1-7-30(8-2)16-23(31)20-13-19(14-21(26(20)33-5)28(32)34-6)22-17-37-27(29-22)18-11-12-24(35-9-3)25(15-18)36-10-4/h11-15,17,23,31H,7-10,16H2,1-6H3. The van der Waals surface area contributed by atoms with Gasteiger partial charge in [0.05, 0.1) is 39.2 Å². The number of methoxy groups -OCH3 is 2. The lowest BCUT2D eigenvalue weighted by Crippen LogP contribution is -2.28. The zero-order chi connectivity index (χ0) is 26.9. The minimum atomic E-state index is -0.865. The molecule has 0 spiro atoms. The number of rotatable bonds is 13. The van der Waals surface area contributed by atoms with Crippen LogP contribution < -0.4 is 14.2 Å². The molecule has 0 fully saturated rings. The summed E-state index contributed by atoms with van der Waals surface area (Å²) in [5.41, 5.74) is 3.02. The summed E-state index contributed by atoms with van der Waals surface area (Å²) in [5.74, 6) is 1.12. The first-order valence-corrected chi connectivity index (χ1v) is 13.3. The fourth-order valence-corrected chi connectivity index (χ4v) is 4.91. The molecule has 37 heavy (non-hydrogen) atoms. The van der Waals surface area contributed by atoms with E-state index in [2.05, 4.69) is 4.90 Å². The Hall–Kier alpha value is -3.14. The molecule has 2 aromatic carbocycles. The number of esters is 1. The third-order valence-electron chi connectivity index (χ3n) is 6.00. The van der Waals surface area contributed by atoms with Crippen LogP contribution in [0.1, 0.15) is 49.7 Å². The Bertz CT molecular complexity index is 1190. The summed E-state index contributed by atoms with van der Waals surface area (Å²) < 4.78 is 22.0. The van der Waals surface area contributed by atoms with E-state index in [1.165, 1.54) is 25.6 Å². The second kappa shape index (κ2) is 13.4. The molecule has 0 amide bonds. The van der Waals surface area contributed by atoms with Gasteiger partial charge in [0.15, 0.2) is 11.5 Å². The van der Waals surface area contributed by atoms with E-state index < -0.39 is 12.1 Å². The van der Waals surface area contributed by atoms with Crippen molar-refractivity contribution >= 4 is 17.3 Å². The van der Waals surface area contributed by atoms with Crippen molar-refractivity contribution in [3.63, 3.8) is 0 Å². The van der Waals surface area contributed by atoms with Gasteiger partial charge in [-0.3, -0.25) is 0 Å². The molecular formula is C28H36N2O6S. The lowest BCUT2D eigenvalue weighted by molar-refractivity contribution is 0.0595.